The average Bonchev–Trinajstić information content (AvgIpc) is 2.80. The van der Waals surface area contributed by atoms with Gasteiger partial charge in [-0.2, -0.15) is 5.10 Å². The Labute approximate surface area is 106 Å². The van der Waals surface area contributed by atoms with Crippen molar-refractivity contribution in [2.75, 3.05) is 5.73 Å². The van der Waals surface area contributed by atoms with Crippen molar-refractivity contribution in [2.45, 2.75) is 6.54 Å². The van der Waals surface area contributed by atoms with Crippen LogP contribution in [0.15, 0.2) is 30.6 Å². The fourth-order valence-corrected chi connectivity index (χ4v) is 1.55. The van der Waals surface area contributed by atoms with E-state index in [2.05, 4.69) is 5.10 Å². The highest BCUT2D eigenvalue weighted by Crippen LogP contribution is 2.21. The highest BCUT2D eigenvalue weighted by molar-refractivity contribution is 5.52. The lowest BCUT2D eigenvalue weighted by Crippen LogP contribution is -2.04. The van der Waals surface area contributed by atoms with Crippen LogP contribution in [-0.4, -0.2) is 19.6 Å². The van der Waals surface area contributed by atoms with E-state index in [-0.39, 0.29) is 17.9 Å². The number of hydrogen-bond acceptors (Lipinski definition) is 6. The maximum atomic E-state index is 10.7. The Bertz CT molecular complexity index is 651. The van der Waals surface area contributed by atoms with E-state index >= 15 is 0 Å². The van der Waals surface area contributed by atoms with E-state index in [1.54, 1.807) is 0 Å². The minimum absolute atomic E-state index is 0.0918. The van der Waals surface area contributed by atoms with Crippen LogP contribution in [0.2, 0.25) is 0 Å². The molecule has 0 aliphatic carbocycles. The van der Waals surface area contributed by atoms with Gasteiger partial charge >= 0.3 is 5.69 Å². The van der Waals surface area contributed by atoms with Crippen LogP contribution in [0.1, 0.15) is 5.56 Å². The summed E-state index contributed by atoms with van der Waals surface area (Å²) in [5.41, 5.74) is 6.31. The van der Waals surface area contributed by atoms with Gasteiger partial charge < -0.3 is 5.73 Å². The van der Waals surface area contributed by atoms with Crippen LogP contribution < -0.4 is 5.73 Å². The fourth-order valence-electron chi connectivity index (χ4n) is 1.55. The molecule has 0 fully saturated rings. The van der Waals surface area contributed by atoms with Gasteiger partial charge in [-0.1, -0.05) is 0 Å². The van der Waals surface area contributed by atoms with Crippen molar-refractivity contribution in [3.8, 4) is 0 Å². The Hall–Kier alpha value is -2.97. The molecule has 0 bridgehead atoms. The van der Waals surface area contributed by atoms with Gasteiger partial charge in [-0.05, 0) is 6.07 Å². The number of nitrogens with zero attached hydrogens (tertiary/aromatic N) is 4. The summed E-state index contributed by atoms with van der Waals surface area (Å²) in [6.45, 7) is 0.126. The third-order valence-electron chi connectivity index (χ3n) is 2.50. The molecule has 0 aliphatic heterocycles. The molecule has 1 aromatic heterocycles. The summed E-state index contributed by atoms with van der Waals surface area (Å²) in [5.74, 6) is 0. The number of nitrogens with two attached hydrogens (primary N) is 1. The quantitative estimate of drug-likeness (QED) is 0.503. The Kier molecular flexibility index (Phi) is 3.10. The molecular weight excluding hydrogens is 254 g/mol. The van der Waals surface area contributed by atoms with Crippen molar-refractivity contribution in [1.29, 1.82) is 0 Å². The number of nitro groups is 2. The van der Waals surface area contributed by atoms with Crippen LogP contribution in [0.5, 0.6) is 0 Å². The molecule has 0 radical (unpaired) electrons. The fraction of sp³-hybridized carbons (Fsp3) is 0.100. The standard InChI is InChI=1S/C10H9N5O4/c11-10-2-1-8(14(16)17)3-7(10)5-13-6-9(4-12-13)15(18)19/h1-4,6H,5,11H2. The first-order valence-corrected chi connectivity index (χ1v) is 5.17. The summed E-state index contributed by atoms with van der Waals surface area (Å²) in [7, 11) is 0. The van der Waals surface area contributed by atoms with Gasteiger partial charge in [-0.3, -0.25) is 24.9 Å². The predicted octanol–water partition coefficient (Wildman–Crippen LogP) is 1.33. The number of non-ortho nitro benzene ring substituents is 1. The Morgan fingerprint density at radius 3 is 2.47 bits per heavy atom. The van der Waals surface area contributed by atoms with Gasteiger partial charge in [-0.25, -0.2) is 0 Å². The Balaban J connectivity index is 2.29. The maximum absolute atomic E-state index is 10.7. The molecule has 2 rings (SSSR count). The lowest BCUT2D eigenvalue weighted by atomic mass is 10.1. The van der Waals surface area contributed by atoms with E-state index in [4.69, 9.17) is 5.73 Å². The molecule has 9 heteroatoms. The third kappa shape index (κ3) is 2.65. The molecule has 2 N–H and O–H groups in total. The van der Waals surface area contributed by atoms with Crippen LogP contribution in [0.25, 0.3) is 0 Å². The molecule has 0 saturated heterocycles. The van der Waals surface area contributed by atoms with Crippen molar-refractivity contribution in [2.24, 2.45) is 0 Å². The molecule has 19 heavy (non-hydrogen) atoms. The van der Waals surface area contributed by atoms with E-state index in [0.717, 1.165) is 6.20 Å². The lowest BCUT2D eigenvalue weighted by molar-refractivity contribution is -0.385. The molecule has 0 amide bonds. The zero-order chi connectivity index (χ0) is 14.0. The van der Waals surface area contributed by atoms with Crippen molar-refractivity contribution in [1.82, 2.24) is 9.78 Å². The molecule has 1 heterocycles. The topological polar surface area (TPSA) is 130 Å². The molecule has 2 aromatic rings. The summed E-state index contributed by atoms with van der Waals surface area (Å²) < 4.78 is 1.30. The first-order chi connectivity index (χ1) is 8.97. The zero-order valence-electron chi connectivity index (χ0n) is 9.59. The highest BCUT2D eigenvalue weighted by atomic mass is 16.6. The highest BCUT2D eigenvalue weighted by Gasteiger charge is 2.12. The van der Waals surface area contributed by atoms with E-state index in [1.807, 2.05) is 0 Å². The molecule has 9 nitrogen and oxygen atoms in total. The second kappa shape index (κ2) is 4.72. The van der Waals surface area contributed by atoms with Gasteiger partial charge in [0.2, 0.25) is 0 Å². The maximum Gasteiger partial charge on any atom is 0.307 e. The van der Waals surface area contributed by atoms with Crippen molar-refractivity contribution >= 4 is 17.1 Å². The van der Waals surface area contributed by atoms with Crippen molar-refractivity contribution < 1.29 is 9.85 Å². The van der Waals surface area contributed by atoms with Gasteiger partial charge in [0.25, 0.3) is 5.69 Å². The molecular formula is C10H9N5O4. The first kappa shape index (κ1) is 12.5. The van der Waals surface area contributed by atoms with Crippen LogP contribution in [0.4, 0.5) is 17.1 Å². The molecule has 0 spiro atoms. The van der Waals surface area contributed by atoms with Crippen LogP contribution in [-0.2, 0) is 6.54 Å². The summed E-state index contributed by atoms with van der Waals surface area (Å²) >= 11 is 0. The SMILES string of the molecule is Nc1ccc([N+](=O)[O-])cc1Cn1cc([N+](=O)[O-])cn1. The minimum atomic E-state index is -0.569. The van der Waals surface area contributed by atoms with Gasteiger partial charge in [0.15, 0.2) is 0 Å². The second-order valence-electron chi connectivity index (χ2n) is 3.79. The minimum Gasteiger partial charge on any atom is -0.398 e. The Morgan fingerprint density at radius 1 is 1.21 bits per heavy atom. The van der Waals surface area contributed by atoms with Crippen molar-refractivity contribution in [3.05, 3.63) is 56.4 Å². The average molecular weight is 263 g/mol. The van der Waals surface area contributed by atoms with Crippen LogP contribution in [0.3, 0.4) is 0 Å². The molecule has 0 atom stereocenters. The van der Waals surface area contributed by atoms with E-state index < -0.39 is 9.85 Å². The van der Waals surface area contributed by atoms with E-state index in [0.29, 0.717) is 11.3 Å². The molecule has 0 saturated carbocycles. The van der Waals surface area contributed by atoms with Crippen molar-refractivity contribution in [3.63, 3.8) is 0 Å². The summed E-state index contributed by atoms with van der Waals surface area (Å²) in [6.07, 6.45) is 2.34. The van der Waals surface area contributed by atoms with Crippen LogP contribution in [0, 0.1) is 20.2 Å². The second-order valence-corrected chi connectivity index (χ2v) is 3.79. The predicted molar refractivity (Wildman–Crippen MR) is 65.5 cm³/mol. The molecule has 0 unspecified atom stereocenters. The summed E-state index contributed by atoms with van der Waals surface area (Å²) in [6, 6.07) is 4.04. The lowest BCUT2D eigenvalue weighted by Gasteiger charge is -2.05. The Morgan fingerprint density at radius 2 is 1.89 bits per heavy atom. The number of anilines is 1. The smallest absolute Gasteiger partial charge is 0.307 e. The first-order valence-electron chi connectivity index (χ1n) is 5.17. The summed E-state index contributed by atoms with van der Waals surface area (Å²) in [4.78, 5) is 20.1. The van der Waals surface area contributed by atoms with E-state index in [1.165, 1.54) is 29.1 Å². The van der Waals surface area contributed by atoms with Gasteiger partial charge in [0.1, 0.15) is 12.4 Å². The van der Waals surface area contributed by atoms with E-state index in [9.17, 15) is 20.2 Å². The molecule has 1 aromatic carbocycles. The zero-order valence-corrected chi connectivity index (χ0v) is 9.59. The number of benzene rings is 1. The number of rotatable bonds is 4. The van der Waals surface area contributed by atoms with Crippen LogP contribution >= 0.6 is 0 Å². The van der Waals surface area contributed by atoms with Gasteiger partial charge in [0.05, 0.1) is 16.4 Å². The number of nitro benzene ring substituents is 1. The molecule has 0 aliphatic rings. The largest absolute Gasteiger partial charge is 0.398 e. The number of aromatic nitrogens is 2. The third-order valence-corrected chi connectivity index (χ3v) is 2.50. The number of hydrogen-bond donors (Lipinski definition) is 1. The molecule has 98 valence electrons. The number of nitrogen functional groups attached to an aromatic ring is 1. The summed E-state index contributed by atoms with van der Waals surface area (Å²) in [5, 5.41) is 25.0. The monoisotopic (exact) mass is 263 g/mol. The normalized spacial score (nSPS) is 10.3. The van der Waals surface area contributed by atoms with Gasteiger partial charge in [0, 0.05) is 23.4 Å². The van der Waals surface area contributed by atoms with Gasteiger partial charge in [-0.15, -0.1) is 0 Å².